The van der Waals surface area contributed by atoms with Gasteiger partial charge in [-0.3, -0.25) is 24.5 Å². The van der Waals surface area contributed by atoms with Crippen molar-refractivity contribution in [2.45, 2.75) is 19.4 Å². The molecule has 0 aromatic heterocycles. The van der Waals surface area contributed by atoms with Gasteiger partial charge in [-0.05, 0) is 19.4 Å². The molecule has 0 aliphatic carbocycles. The number of ether oxygens (including phenoxy) is 1. The van der Waals surface area contributed by atoms with Crippen molar-refractivity contribution in [3.8, 4) is 5.75 Å². The molecule has 0 fully saturated rings. The van der Waals surface area contributed by atoms with Crippen molar-refractivity contribution in [3.05, 3.63) is 33.9 Å². The maximum absolute atomic E-state index is 12.4. The van der Waals surface area contributed by atoms with Crippen LogP contribution in [0.25, 0.3) is 0 Å². The molecule has 1 aromatic rings. The summed E-state index contributed by atoms with van der Waals surface area (Å²) < 4.78 is 5.50. The molecule has 10 nitrogen and oxygen atoms in total. The normalized spacial score (nSPS) is 19.4. The third-order valence-electron chi connectivity index (χ3n) is 3.48. The van der Waals surface area contributed by atoms with Crippen molar-refractivity contribution in [2.24, 2.45) is 0 Å². The number of nitrogens with one attached hydrogen (secondary N) is 3. The number of nitrogens with zero attached hydrogens (tertiary/aromatic N) is 1. The number of nitro benzene ring substituents is 1. The van der Waals surface area contributed by atoms with Crippen molar-refractivity contribution in [1.82, 2.24) is 16.0 Å². The van der Waals surface area contributed by atoms with E-state index in [1.165, 1.54) is 19.1 Å². The van der Waals surface area contributed by atoms with Crippen molar-refractivity contribution in [3.63, 3.8) is 0 Å². The lowest BCUT2D eigenvalue weighted by Gasteiger charge is -2.17. The highest BCUT2D eigenvalue weighted by Crippen LogP contribution is 2.24. The second-order valence-corrected chi connectivity index (χ2v) is 5.40. The average molecular weight is 350 g/mol. The van der Waals surface area contributed by atoms with Crippen LogP contribution in [0.2, 0.25) is 0 Å². The number of nitro groups is 1. The molecule has 0 bridgehead atoms. The van der Waals surface area contributed by atoms with Crippen LogP contribution in [0, 0.1) is 10.1 Å². The van der Waals surface area contributed by atoms with Gasteiger partial charge in [0.15, 0.2) is 0 Å². The number of fused-ring (bicyclic) bond motifs is 1. The molecular weight excluding hydrogens is 332 g/mol. The van der Waals surface area contributed by atoms with Crippen LogP contribution < -0.4 is 20.7 Å². The highest BCUT2D eigenvalue weighted by Gasteiger charge is 2.22. The molecule has 0 unspecified atom stereocenters. The topological polar surface area (TPSA) is 140 Å². The highest BCUT2D eigenvalue weighted by atomic mass is 16.6. The Morgan fingerprint density at radius 3 is 2.72 bits per heavy atom. The van der Waals surface area contributed by atoms with Gasteiger partial charge in [0.25, 0.3) is 11.6 Å². The lowest BCUT2D eigenvalue weighted by atomic mass is 10.1. The Kier molecular flexibility index (Phi) is 5.88. The van der Waals surface area contributed by atoms with Gasteiger partial charge in [0.05, 0.1) is 23.6 Å². The molecule has 3 N–H and O–H groups in total. The first kappa shape index (κ1) is 18.2. The smallest absolute Gasteiger partial charge is 0.270 e. The predicted molar refractivity (Wildman–Crippen MR) is 86.2 cm³/mol. The standard InChI is InChI=1S/C15H18N4O6/c1-9-14(21)17-8-13(20)16-5-2-6-25-12-4-3-10(19(23)24)7-11(12)15(22)18-9/h3-4,7,9H,2,5-6,8H2,1H3,(H,16,20)(H,17,21)(H,18,22)/t9-/m0/s1. The molecule has 10 heteroatoms. The number of carbonyl (C=O) groups excluding carboxylic acids is 3. The molecule has 0 saturated heterocycles. The van der Waals surface area contributed by atoms with Crippen LogP contribution in [-0.4, -0.2) is 48.4 Å². The Morgan fingerprint density at radius 2 is 2.00 bits per heavy atom. The SMILES string of the molecule is C[C@@H]1NC(=O)c2cc([N+](=O)[O-])ccc2OCCCNC(=O)CNC1=O. The van der Waals surface area contributed by atoms with E-state index >= 15 is 0 Å². The summed E-state index contributed by atoms with van der Waals surface area (Å²) in [5.41, 5.74) is -0.294. The molecule has 1 aromatic carbocycles. The lowest BCUT2D eigenvalue weighted by molar-refractivity contribution is -0.384. The number of hydrogen-bond acceptors (Lipinski definition) is 6. The first-order valence-corrected chi connectivity index (χ1v) is 7.65. The average Bonchev–Trinajstić information content (AvgIpc) is 2.58. The number of hydrogen-bond donors (Lipinski definition) is 3. The van der Waals surface area contributed by atoms with Crippen molar-refractivity contribution in [1.29, 1.82) is 0 Å². The maximum Gasteiger partial charge on any atom is 0.270 e. The van der Waals surface area contributed by atoms with Gasteiger partial charge >= 0.3 is 0 Å². The van der Waals surface area contributed by atoms with E-state index in [2.05, 4.69) is 16.0 Å². The summed E-state index contributed by atoms with van der Waals surface area (Å²) in [4.78, 5) is 46.2. The van der Waals surface area contributed by atoms with Crippen molar-refractivity contribution < 1.29 is 24.0 Å². The second kappa shape index (κ2) is 8.08. The zero-order valence-corrected chi connectivity index (χ0v) is 13.5. The number of rotatable bonds is 1. The van der Waals surface area contributed by atoms with Gasteiger partial charge in [-0.25, -0.2) is 0 Å². The van der Waals surface area contributed by atoms with Crippen LogP contribution in [0.3, 0.4) is 0 Å². The molecule has 3 amide bonds. The number of non-ortho nitro benzene ring substituents is 1. The Labute approximate surface area is 143 Å². The van der Waals surface area contributed by atoms with Crippen LogP contribution in [0.5, 0.6) is 5.75 Å². The summed E-state index contributed by atoms with van der Waals surface area (Å²) in [6, 6.07) is 2.73. The van der Waals surface area contributed by atoms with E-state index in [1.807, 2.05) is 0 Å². The molecule has 25 heavy (non-hydrogen) atoms. The zero-order chi connectivity index (χ0) is 18.4. The fraction of sp³-hybridized carbons (Fsp3) is 0.400. The molecule has 0 radical (unpaired) electrons. The first-order valence-electron chi connectivity index (χ1n) is 7.65. The second-order valence-electron chi connectivity index (χ2n) is 5.40. The van der Waals surface area contributed by atoms with Gasteiger partial charge in [0.2, 0.25) is 11.8 Å². The zero-order valence-electron chi connectivity index (χ0n) is 13.5. The Morgan fingerprint density at radius 1 is 1.24 bits per heavy atom. The number of benzene rings is 1. The molecule has 1 atom stereocenters. The van der Waals surface area contributed by atoms with Gasteiger partial charge in [-0.15, -0.1) is 0 Å². The predicted octanol–water partition coefficient (Wildman–Crippen LogP) is -0.272. The van der Waals surface area contributed by atoms with E-state index in [0.717, 1.165) is 6.07 Å². The Bertz CT molecular complexity index is 705. The van der Waals surface area contributed by atoms with Crippen LogP contribution >= 0.6 is 0 Å². The van der Waals surface area contributed by atoms with E-state index in [-0.39, 0.29) is 36.1 Å². The number of amides is 3. The molecule has 0 spiro atoms. The highest BCUT2D eigenvalue weighted by molar-refractivity contribution is 6.00. The first-order chi connectivity index (χ1) is 11.9. The molecule has 2 rings (SSSR count). The summed E-state index contributed by atoms with van der Waals surface area (Å²) in [7, 11) is 0. The molecule has 1 aliphatic heterocycles. The molecule has 134 valence electrons. The van der Waals surface area contributed by atoms with Crippen LogP contribution in [0.15, 0.2) is 18.2 Å². The van der Waals surface area contributed by atoms with E-state index < -0.39 is 22.8 Å². The molecule has 1 aliphatic rings. The fourth-order valence-electron chi connectivity index (χ4n) is 2.14. The van der Waals surface area contributed by atoms with E-state index in [0.29, 0.717) is 13.0 Å². The summed E-state index contributed by atoms with van der Waals surface area (Å²) in [5, 5.41) is 18.4. The molecule has 1 heterocycles. The lowest BCUT2D eigenvalue weighted by Crippen LogP contribution is -2.47. The van der Waals surface area contributed by atoms with Gasteiger partial charge in [0.1, 0.15) is 11.8 Å². The Balaban J connectivity index is 2.29. The molecule has 0 saturated carbocycles. The monoisotopic (exact) mass is 350 g/mol. The summed E-state index contributed by atoms with van der Waals surface area (Å²) >= 11 is 0. The minimum atomic E-state index is -0.935. The van der Waals surface area contributed by atoms with Crippen LogP contribution in [0.1, 0.15) is 23.7 Å². The third kappa shape index (κ3) is 4.90. The largest absolute Gasteiger partial charge is 0.493 e. The molecular formula is C15H18N4O6. The fourth-order valence-corrected chi connectivity index (χ4v) is 2.14. The maximum atomic E-state index is 12.4. The van der Waals surface area contributed by atoms with Crippen molar-refractivity contribution in [2.75, 3.05) is 19.7 Å². The van der Waals surface area contributed by atoms with Crippen molar-refractivity contribution >= 4 is 23.4 Å². The Hall–Kier alpha value is -3.17. The number of carbonyl (C=O) groups is 3. The minimum absolute atomic E-state index is 0.0325. The summed E-state index contributed by atoms with van der Waals surface area (Å²) in [5.74, 6) is -1.41. The van der Waals surface area contributed by atoms with Crippen LogP contribution in [0.4, 0.5) is 5.69 Å². The van der Waals surface area contributed by atoms with Gasteiger partial charge in [0, 0.05) is 18.7 Å². The van der Waals surface area contributed by atoms with Crippen LogP contribution in [-0.2, 0) is 9.59 Å². The quantitative estimate of drug-likeness (QED) is 0.470. The summed E-state index contributed by atoms with van der Waals surface area (Å²) in [6.45, 7) is 1.77. The van der Waals surface area contributed by atoms with Gasteiger partial charge < -0.3 is 20.7 Å². The van der Waals surface area contributed by atoms with Gasteiger partial charge in [-0.2, -0.15) is 0 Å². The third-order valence-corrected chi connectivity index (χ3v) is 3.48. The van der Waals surface area contributed by atoms with Gasteiger partial charge in [-0.1, -0.05) is 0 Å². The van der Waals surface area contributed by atoms with E-state index in [9.17, 15) is 24.5 Å². The van der Waals surface area contributed by atoms with E-state index in [4.69, 9.17) is 4.74 Å². The minimum Gasteiger partial charge on any atom is -0.493 e. The van der Waals surface area contributed by atoms with E-state index in [1.54, 1.807) is 0 Å². The summed E-state index contributed by atoms with van der Waals surface area (Å²) in [6.07, 6.45) is 0.466.